The Balaban J connectivity index is 1.60. The smallest absolute Gasteiger partial charge is 0.234 e. The molecule has 32 heavy (non-hydrogen) atoms. The Labute approximate surface area is 196 Å². The number of nitrogens with zero attached hydrogens (tertiary/aromatic N) is 3. The third-order valence-electron chi connectivity index (χ3n) is 4.71. The van der Waals surface area contributed by atoms with Crippen molar-refractivity contribution in [2.75, 3.05) is 25.3 Å². The summed E-state index contributed by atoms with van der Waals surface area (Å²) in [5.41, 5.74) is 2.65. The van der Waals surface area contributed by atoms with Crippen molar-refractivity contribution in [2.45, 2.75) is 25.6 Å². The number of anilines is 1. The van der Waals surface area contributed by atoms with Crippen LogP contribution in [0.15, 0.2) is 35.5 Å². The Hall–Kier alpha value is -2.91. The van der Waals surface area contributed by atoms with E-state index in [0.717, 1.165) is 16.9 Å². The molecule has 1 aromatic heterocycles. The molecule has 3 aromatic rings. The van der Waals surface area contributed by atoms with Gasteiger partial charge in [-0.15, -0.1) is 10.2 Å². The minimum atomic E-state index is -0.228. The highest BCUT2D eigenvalue weighted by Crippen LogP contribution is 2.36. The maximum absolute atomic E-state index is 12.5. The minimum Gasteiger partial charge on any atom is -0.495 e. The molecule has 1 N–H and O–H groups in total. The number of methoxy groups -OCH3 is 2. The third kappa shape index (κ3) is 5.66. The van der Waals surface area contributed by atoms with Crippen LogP contribution in [0.4, 0.5) is 5.69 Å². The van der Waals surface area contributed by atoms with Crippen molar-refractivity contribution in [1.29, 1.82) is 0 Å². The monoisotopic (exact) mass is 476 g/mol. The van der Waals surface area contributed by atoms with E-state index in [0.29, 0.717) is 33.2 Å². The highest BCUT2D eigenvalue weighted by Gasteiger charge is 2.15. The van der Waals surface area contributed by atoms with Gasteiger partial charge in [0.15, 0.2) is 11.0 Å². The first-order valence-electron chi connectivity index (χ1n) is 9.74. The van der Waals surface area contributed by atoms with Gasteiger partial charge >= 0.3 is 0 Å². The number of hydrogen-bond acceptors (Lipinski definition) is 7. The second-order valence-corrected chi connectivity index (χ2v) is 8.39. The summed E-state index contributed by atoms with van der Waals surface area (Å²) in [6.45, 7) is 4.29. The van der Waals surface area contributed by atoms with Crippen LogP contribution < -0.4 is 19.5 Å². The van der Waals surface area contributed by atoms with Crippen LogP contribution in [0.1, 0.15) is 17.0 Å². The van der Waals surface area contributed by atoms with Gasteiger partial charge in [-0.25, -0.2) is 0 Å². The lowest BCUT2D eigenvalue weighted by molar-refractivity contribution is -0.113. The quantitative estimate of drug-likeness (QED) is 0.457. The number of thioether (sulfide) groups is 1. The Morgan fingerprint density at radius 1 is 1.09 bits per heavy atom. The molecule has 10 heteroatoms. The molecule has 0 aliphatic heterocycles. The summed E-state index contributed by atoms with van der Waals surface area (Å²) in [6, 6.07) is 9.26. The maximum atomic E-state index is 12.5. The Bertz CT molecular complexity index is 1120. The van der Waals surface area contributed by atoms with Crippen LogP contribution in [-0.2, 0) is 18.4 Å². The van der Waals surface area contributed by atoms with E-state index in [1.54, 1.807) is 12.1 Å². The first kappa shape index (κ1) is 23.7. The van der Waals surface area contributed by atoms with Crippen molar-refractivity contribution in [2.24, 2.45) is 7.05 Å². The Morgan fingerprint density at radius 3 is 2.56 bits per heavy atom. The van der Waals surface area contributed by atoms with Gasteiger partial charge in [0.05, 0.1) is 30.7 Å². The SMILES string of the molecule is COc1cc(NC(=O)CSc2nnc(COc3cc(C)ccc3C)n2C)c(OC)cc1Cl. The zero-order valence-electron chi connectivity index (χ0n) is 18.6. The summed E-state index contributed by atoms with van der Waals surface area (Å²) < 4.78 is 18.2. The molecule has 0 aliphatic carbocycles. The predicted molar refractivity (Wildman–Crippen MR) is 125 cm³/mol. The van der Waals surface area contributed by atoms with Gasteiger partial charge < -0.3 is 24.1 Å². The summed E-state index contributed by atoms with van der Waals surface area (Å²) in [7, 11) is 4.85. The Morgan fingerprint density at radius 2 is 1.84 bits per heavy atom. The van der Waals surface area contributed by atoms with Crippen LogP contribution in [0.2, 0.25) is 5.02 Å². The average Bonchev–Trinajstić information content (AvgIpc) is 3.13. The van der Waals surface area contributed by atoms with Crippen LogP contribution in [0.25, 0.3) is 0 Å². The van der Waals surface area contributed by atoms with E-state index >= 15 is 0 Å². The standard InChI is InChI=1S/C22H25ClN4O4S/c1-13-6-7-14(2)17(8-13)31-11-20-25-26-22(27(20)3)32-12-21(28)24-16-10-18(29-4)15(23)9-19(16)30-5/h6-10H,11-12H2,1-5H3,(H,24,28). The number of carbonyl (C=O) groups is 1. The number of carbonyl (C=O) groups excluding carboxylic acids is 1. The van der Waals surface area contributed by atoms with E-state index in [-0.39, 0.29) is 18.3 Å². The van der Waals surface area contributed by atoms with Crippen LogP contribution in [-0.4, -0.2) is 40.6 Å². The molecule has 170 valence electrons. The molecule has 0 atom stereocenters. The fourth-order valence-corrected chi connectivity index (χ4v) is 3.84. The van der Waals surface area contributed by atoms with Gasteiger partial charge in [-0.05, 0) is 31.0 Å². The van der Waals surface area contributed by atoms with Crippen LogP contribution in [0.5, 0.6) is 17.2 Å². The zero-order valence-corrected chi connectivity index (χ0v) is 20.1. The molecule has 0 unspecified atom stereocenters. The molecule has 0 spiro atoms. The molecule has 1 heterocycles. The highest BCUT2D eigenvalue weighted by atomic mass is 35.5. The number of aromatic nitrogens is 3. The third-order valence-corrected chi connectivity index (χ3v) is 6.02. The van der Waals surface area contributed by atoms with E-state index < -0.39 is 0 Å². The van der Waals surface area contributed by atoms with Gasteiger partial charge in [-0.2, -0.15) is 0 Å². The summed E-state index contributed by atoms with van der Waals surface area (Å²) in [6.07, 6.45) is 0. The number of ether oxygens (including phenoxy) is 3. The van der Waals surface area contributed by atoms with Gasteiger partial charge in [0.25, 0.3) is 0 Å². The molecular weight excluding hydrogens is 452 g/mol. The summed E-state index contributed by atoms with van der Waals surface area (Å²) >= 11 is 7.38. The molecule has 0 fully saturated rings. The molecule has 8 nitrogen and oxygen atoms in total. The second-order valence-electron chi connectivity index (χ2n) is 7.04. The van der Waals surface area contributed by atoms with Crippen LogP contribution in [0.3, 0.4) is 0 Å². The molecule has 1 amide bonds. The number of rotatable bonds is 9. The topological polar surface area (TPSA) is 87.5 Å². The largest absolute Gasteiger partial charge is 0.495 e. The zero-order chi connectivity index (χ0) is 23.3. The van der Waals surface area contributed by atoms with Gasteiger partial charge in [0.1, 0.15) is 23.9 Å². The van der Waals surface area contributed by atoms with Crippen molar-refractivity contribution < 1.29 is 19.0 Å². The highest BCUT2D eigenvalue weighted by molar-refractivity contribution is 7.99. The lowest BCUT2D eigenvalue weighted by atomic mass is 10.1. The fourth-order valence-electron chi connectivity index (χ4n) is 2.88. The van der Waals surface area contributed by atoms with Crippen molar-refractivity contribution >= 4 is 35.0 Å². The van der Waals surface area contributed by atoms with E-state index in [2.05, 4.69) is 15.5 Å². The van der Waals surface area contributed by atoms with Crippen molar-refractivity contribution in [3.05, 3.63) is 52.3 Å². The normalized spacial score (nSPS) is 10.7. The first-order chi connectivity index (χ1) is 15.3. The Kier molecular flexibility index (Phi) is 7.87. The number of nitrogens with one attached hydrogen (secondary N) is 1. The van der Waals surface area contributed by atoms with E-state index in [1.807, 2.05) is 43.7 Å². The molecule has 0 radical (unpaired) electrons. The van der Waals surface area contributed by atoms with Crippen molar-refractivity contribution in [3.8, 4) is 17.2 Å². The molecule has 0 aliphatic rings. The fraction of sp³-hybridized carbons (Fsp3) is 0.318. The van der Waals surface area contributed by atoms with Crippen LogP contribution >= 0.6 is 23.4 Å². The lowest BCUT2D eigenvalue weighted by Gasteiger charge is -2.13. The molecule has 0 saturated heterocycles. The molecule has 2 aromatic carbocycles. The van der Waals surface area contributed by atoms with Gasteiger partial charge in [0.2, 0.25) is 5.91 Å². The summed E-state index contributed by atoms with van der Waals surface area (Å²) in [5.74, 6) is 2.27. The maximum Gasteiger partial charge on any atom is 0.234 e. The number of amides is 1. The lowest BCUT2D eigenvalue weighted by Crippen LogP contribution is -2.15. The van der Waals surface area contributed by atoms with Crippen LogP contribution in [0, 0.1) is 13.8 Å². The van der Waals surface area contributed by atoms with Crippen molar-refractivity contribution in [3.63, 3.8) is 0 Å². The number of benzene rings is 2. The molecule has 3 rings (SSSR count). The molecule has 0 saturated carbocycles. The van der Waals surface area contributed by atoms with E-state index in [1.165, 1.54) is 26.0 Å². The summed E-state index contributed by atoms with van der Waals surface area (Å²) in [5, 5.41) is 12.2. The molecule has 0 bridgehead atoms. The van der Waals surface area contributed by atoms with E-state index in [9.17, 15) is 4.79 Å². The second kappa shape index (κ2) is 10.6. The average molecular weight is 477 g/mol. The predicted octanol–water partition coefficient (Wildman–Crippen LogP) is 4.41. The van der Waals surface area contributed by atoms with E-state index in [4.69, 9.17) is 25.8 Å². The number of aryl methyl sites for hydroxylation is 2. The van der Waals surface area contributed by atoms with Crippen molar-refractivity contribution in [1.82, 2.24) is 14.8 Å². The number of halogens is 1. The van der Waals surface area contributed by atoms with Gasteiger partial charge in [0, 0.05) is 19.2 Å². The van der Waals surface area contributed by atoms with Gasteiger partial charge in [-0.3, -0.25) is 4.79 Å². The minimum absolute atomic E-state index is 0.137. The van der Waals surface area contributed by atoms with Gasteiger partial charge in [-0.1, -0.05) is 35.5 Å². The first-order valence-corrected chi connectivity index (χ1v) is 11.1. The summed E-state index contributed by atoms with van der Waals surface area (Å²) in [4.78, 5) is 12.5. The number of hydrogen-bond donors (Lipinski definition) is 1. The molecular formula is C22H25ClN4O4S.